The smallest absolute Gasteiger partial charge is 0.336 e. The Balaban J connectivity index is 1.76. The van der Waals surface area contributed by atoms with Crippen LogP contribution in [-0.2, 0) is 17.8 Å². The Bertz CT molecular complexity index is 1020. The molecule has 1 amide bonds. The molecule has 0 radical (unpaired) electrons. The van der Waals surface area contributed by atoms with Crippen molar-refractivity contribution in [3.05, 3.63) is 69.3 Å². The molecule has 1 N–H and O–H groups in total. The van der Waals surface area contributed by atoms with Gasteiger partial charge in [0.25, 0.3) is 5.91 Å². The van der Waals surface area contributed by atoms with Gasteiger partial charge in [0.1, 0.15) is 11.3 Å². The van der Waals surface area contributed by atoms with E-state index in [2.05, 4.69) is 10.3 Å². The molecule has 1 unspecified atom stereocenters. The zero-order valence-corrected chi connectivity index (χ0v) is 15.7. The summed E-state index contributed by atoms with van der Waals surface area (Å²) in [5.41, 5.74) is 1.53. The summed E-state index contributed by atoms with van der Waals surface area (Å²) in [5.74, 6) is -0.0263. The normalized spacial score (nSPS) is 12.0. The molecule has 0 spiro atoms. The number of rotatable bonds is 6. The number of aromatic nitrogens is 1. The first-order valence-electron chi connectivity index (χ1n) is 8.58. The van der Waals surface area contributed by atoms with E-state index in [0.717, 1.165) is 16.6 Å². The SMILES string of the molecule is CCc1cc(=O)oc2cc(OC(C)C(=O)NCc3ccccn3)c(Cl)cc12. The summed E-state index contributed by atoms with van der Waals surface area (Å²) in [6, 6.07) is 10.2. The van der Waals surface area contributed by atoms with Gasteiger partial charge < -0.3 is 14.5 Å². The van der Waals surface area contributed by atoms with Crippen molar-refractivity contribution in [1.82, 2.24) is 10.3 Å². The average Bonchev–Trinajstić information content (AvgIpc) is 2.67. The zero-order chi connectivity index (χ0) is 19.4. The van der Waals surface area contributed by atoms with Gasteiger partial charge in [-0.1, -0.05) is 24.6 Å². The maximum atomic E-state index is 12.3. The largest absolute Gasteiger partial charge is 0.479 e. The lowest BCUT2D eigenvalue weighted by Gasteiger charge is -2.16. The van der Waals surface area contributed by atoms with Gasteiger partial charge in [0.15, 0.2) is 6.10 Å². The van der Waals surface area contributed by atoms with Gasteiger partial charge in [-0.25, -0.2) is 4.79 Å². The lowest BCUT2D eigenvalue weighted by Crippen LogP contribution is -2.36. The van der Waals surface area contributed by atoms with Crippen molar-refractivity contribution in [2.45, 2.75) is 32.9 Å². The summed E-state index contributed by atoms with van der Waals surface area (Å²) in [7, 11) is 0. The van der Waals surface area contributed by atoms with Crippen molar-refractivity contribution in [1.29, 1.82) is 0 Å². The number of benzene rings is 1. The number of fused-ring (bicyclic) bond motifs is 1. The zero-order valence-electron chi connectivity index (χ0n) is 15.0. The quantitative estimate of drug-likeness (QED) is 0.656. The third-order valence-electron chi connectivity index (χ3n) is 4.11. The molecular formula is C20H19ClN2O4. The second kappa shape index (κ2) is 8.22. The number of nitrogens with zero attached hydrogens (tertiary/aromatic N) is 1. The maximum absolute atomic E-state index is 12.3. The number of hydrogen-bond acceptors (Lipinski definition) is 5. The molecule has 1 atom stereocenters. The first kappa shape index (κ1) is 18.9. The van der Waals surface area contributed by atoms with Crippen molar-refractivity contribution in [3.8, 4) is 5.75 Å². The minimum atomic E-state index is -0.787. The van der Waals surface area contributed by atoms with E-state index in [9.17, 15) is 9.59 Å². The van der Waals surface area contributed by atoms with Crippen LogP contribution in [-0.4, -0.2) is 17.0 Å². The highest BCUT2D eigenvalue weighted by atomic mass is 35.5. The van der Waals surface area contributed by atoms with Crippen LogP contribution >= 0.6 is 11.6 Å². The third kappa shape index (κ3) is 4.46. The lowest BCUT2D eigenvalue weighted by molar-refractivity contribution is -0.127. The van der Waals surface area contributed by atoms with Gasteiger partial charge in [0.2, 0.25) is 0 Å². The average molecular weight is 387 g/mol. The van der Waals surface area contributed by atoms with Crippen LogP contribution in [0.25, 0.3) is 11.0 Å². The number of ether oxygens (including phenoxy) is 1. The van der Waals surface area contributed by atoms with Gasteiger partial charge in [0, 0.05) is 23.7 Å². The van der Waals surface area contributed by atoms with Crippen LogP contribution < -0.4 is 15.7 Å². The Morgan fingerprint density at radius 2 is 2.15 bits per heavy atom. The molecule has 0 fully saturated rings. The number of halogens is 1. The van der Waals surface area contributed by atoms with Crippen molar-refractivity contribution in [2.24, 2.45) is 0 Å². The van der Waals surface area contributed by atoms with Crippen LogP contribution in [0.15, 0.2) is 51.8 Å². The molecule has 0 saturated carbocycles. The molecule has 1 aromatic carbocycles. The Morgan fingerprint density at radius 3 is 2.85 bits per heavy atom. The van der Waals surface area contributed by atoms with Crippen LogP contribution in [0.2, 0.25) is 5.02 Å². The maximum Gasteiger partial charge on any atom is 0.336 e. The summed E-state index contributed by atoms with van der Waals surface area (Å²) in [6.45, 7) is 3.86. The Kier molecular flexibility index (Phi) is 5.76. The predicted molar refractivity (Wildman–Crippen MR) is 103 cm³/mol. The molecule has 6 nitrogen and oxygen atoms in total. The second-order valence-electron chi connectivity index (χ2n) is 6.02. The van der Waals surface area contributed by atoms with E-state index in [1.807, 2.05) is 19.1 Å². The standard InChI is InChI=1S/C20H19ClN2O4/c1-3-13-8-19(24)27-17-10-18(16(21)9-15(13)17)26-12(2)20(25)23-11-14-6-4-5-7-22-14/h4-10,12H,3,11H2,1-2H3,(H,23,25). The first-order chi connectivity index (χ1) is 13.0. The molecule has 3 rings (SSSR count). The Morgan fingerprint density at radius 1 is 1.33 bits per heavy atom. The van der Waals surface area contributed by atoms with Gasteiger partial charge in [-0.05, 0) is 37.1 Å². The number of carbonyl (C=O) groups is 1. The van der Waals surface area contributed by atoms with E-state index in [-0.39, 0.29) is 11.7 Å². The highest BCUT2D eigenvalue weighted by Crippen LogP contribution is 2.32. The van der Waals surface area contributed by atoms with E-state index < -0.39 is 11.7 Å². The van der Waals surface area contributed by atoms with Crippen LogP contribution in [0.1, 0.15) is 25.1 Å². The third-order valence-corrected chi connectivity index (χ3v) is 4.40. The summed E-state index contributed by atoms with van der Waals surface area (Å²) in [4.78, 5) is 28.1. The predicted octanol–water partition coefficient (Wildman–Crippen LogP) is 3.49. The molecule has 0 aliphatic heterocycles. The summed E-state index contributed by atoms with van der Waals surface area (Å²) >= 11 is 6.31. The molecule has 0 saturated heterocycles. The highest BCUT2D eigenvalue weighted by Gasteiger charge is 2.18. The molecule has 0 bridgehead atoms. The van der Waals surface area contributed by atoms with Gasteiger partial charge in [-0.15, -0.1) is 0 Å². The van der Waals surface area contributed by atoms with E-state index in [4.69, 9.17) is 20.8 Å². The van der Waals surface area contributed by atoms with Crippen molar-refractivity contribution in [3.63, 3.8) is 0 Å². The molecule has 3 aromatic rings. The summed E-state index contributed by atoms with van der Waals surface area (Å²) in [5, 5.41) is 3.85. The van der Waals surface area contributed by atoms with E-state index >= 15 is 0 Å². The number of carbonyl (C=O) groups excluding carboxylic acids is 1. The van der Waals surface area contributed by atoms with Crippen molar-refractivity contribution < 1.29 is 13.9 Å². The van der Waals surface area contributed by atoms with Crippen molar-refractivity contribution in [2.75, 3.05) is 0 Å². The van der Waals surface area contributed by atoms with Gasteiger partial charge in [-0.2, -0.15) is 0 Å². The number of nitrogens with one attached hydrogen (secondary N) is 1. The van der Waals surface area contributed by atoms with E-state index in [0.29, 0.717) is 23.6 Å². The lowest BCUT2D eigenvalue weighted by atomic mass is 10.1. The number of aryl methyl sites for hydroxylation is 1. The van der Waals surface area contributed by atoms with Crippen LogP contribution in [0.3, 0.4) is 0 Å². The van der Waals surface area contributed by atoms with Gasteiger partial charge in [-0.3, -0.25) is 9.78 Å². The van der Waals surface area contributed by atoms with Gasteiger partial charge >= 0.3 is 5.63 Å². The molecule has 140 valence electrons. The molecule has 2 aromatic heterocycles. The minimum absolute atomic E-state index is 0.279. The monoisotopic (exact) mass is 386 g/mol. The molecular weight excluding hydrogens is 368 g/mol. The molecule has 27 heavy (non-hydrogen) atoms. The van der Waals surface area contributed by atoms with Crippen LogP contribution in [0.4, 0.5) is 0 Å². The van der Waals surface area contributed by atoms with Crippen molar-refractivity contribution >= 4 is 28.5 Å². The Labute approximate surface area is 161 Å². The summed E-state index contributed by atoms with van der Waals surface area (Å²) in [6.07, 6.45) is 1.55. The van der Waals surface area contributed by atoms with Gasteiger partial charge in [0.05, 0.1) is 17.3 Å². The Hall–Kier alpha value is -2.86. The number of pyridine rings is 1. The number of hydrogen-bond donors (Lipinski definition) is 1. The van der Waals surface area contributed by atoms with E-state index in [1.165, 1.54) is 6.07 Å². The highest BCUT2D eigenvalue weighted by molar-refractivity contribution is 6.32. The fraction of sp³-hybridized carbons (Fsp3) is 0.250. The van der Waals surface area contributed by atoms with Crippen LogP contribution in [0, 0.1) is 0 Å². The van der Waals surface area contributed by atoms with E-state index in [1.54, 1.807) is 31.3 Å². The first-order valence-corrected chi connectivity index (χ1v) is 8.96. The van der Waals surface area contributed by atoms with Crippen LogP contribution in [0.5, 0.6) is 5.75 Å². The minimum Gasteiger partial charge on any atom is -0.479 e. The molecule has 2 heterocycles. The fourth-order valence-corrected chi connectivity index (χ4v) is 2.89. The fourth-order valence-electron chi connectivity index (χ4n) is 2.68. The molecule has 0 aliphatic rings. The summed E-state index contributed by atoms with van der Waals surface area (Å²) < 4.78 is 10.9. The topological polar surface area (TPSA) is 81.4 Å². The number of amides is 1. The molecule has 0 aliphatic carbocycles. The molecule has 7 heteroatoms. The second-order valence-corrected chi connectivity index (χ2v) is 6.43.